The Hall–Kier alpha value is -1.07. The van der Waals surface area contributed by atoms with Crippen molar-refractivity contribution in [2.24, 2.45) is 4.99 Å². The average molecular weight is 491 g/mol. The molecule has 1 unspecified atom stereocenters. The summed E-state index contributed by atoms with van der Waals surface area (Å²) in [6, 6.07) is 0. The van der Waals surface area contributed by atoms with Gasteiger partial charge < -0.3 is 15.7 Å². The van der Waals surface area contributed by atoms with E-state index in [0.29, 0.717) is 6.54 Å². The zero-order valence-electron chi connectivity index (χ0n) is 23.3. The average Bonchev–Trinajstić information content (AvgIpc) is 2.86. The Bertz CT molecular complexity index is 565. The first-order valence-electron chi connectivity index (χ1n) is 15.4. The summed E-state index contributed by atoms with van der Waals surface area (Å²) in [7, 11) is 0. The van der Waals surface area contributed by atoms with Crippen LogP contribution in [-0.2, 0) is 0 Å². The number of nitrogens with zero attached hydrogens (tertiary/aromatic N) is 1. The van der Waals surface area contributed by atoms with E-state index in [1.807, 2.05) is 0 Å². The van der Waals surface area contributed by atoms with Crippen molar-refractivity contribution in [2.45, 2.75) is 167 Å². The number of hydrogen-bond acceptors (Lipinski definition) is 5. The highest BCUT2D eigenvalue weighted by Crippen LogP contribution is 2.27. The van der Waals surface area contributed by atoms with E-state index in [9.17, 15) is 5.11 Å². The van der Waals surface area contributed by atoms with Crippen molar-refractivity contribution >= 4 is 6.21 Å². The Kier molecular flexibility index (Phi) is 16.5. The molecular weight excluding hydrogens is 432 g/mol. The minimum Gasteiger partial charge on any atom is -0.374 e. The van der Waals surface area contributed by atoms with Gasteiger partial charge in [0.25, 0.3) is 0 Å². The summed E-state index contributed by atoms with van der Waals surface area (Å²) in [6.07, 6.45) is 31.2. The number of hydrogen-bond donors (Lipinski definition) is 4. The largest absolute Gasteiger partial charge is 0.374 e. The Morgan fingerprint density at radius 3 is 1.60 bits per heavy atom. The van der Waals surface area contributed by atoms with Gasteiger partial charge in [-0.1, -0.05) is 142 Å². The molecule has 0 fully saturated rings. The summed E-state index contributed by atoms with van der Waals surface area (Å²) >= 11 is 0. The number of unbranched alkanes of at least 4 members (excludes halogenated alkanes) is 18. The van der Waals surface area contributed by atoms with Crippen LogP contribution in [0.25, 0.3) is 0 Å². The van der Waals surface area contributed by atoms with Gasteiger partial charge in [0.05, 0.1) is 11.2 Å². The van der Waals surface area contributed by atoms with E-state index in [2.05, 4.69) is 36.0 Å². The molecule has 0 aliphatic carbocycles. The van der Waals surface area contributed by atoms with Crippen LogP contribution >= 0.6 is 0 Å². The lowest BCUT2D eigenvalue weighted by atomic mass is 9.85. The van der Waals surface area contributed by atoms with Crippen LogP contribution in [0.4, 0.5) is 0 Å². The van der Waals surface area contributed by atoms with Crippen LogP contribution < -0.4 is 16.0 Å². The molecule has 0 saturated heterocycles. The molecule has 5 nitrogen and oxygen atoms in total. The molecule has 5 heteroatoms. The summed E-state index contributed by atoms with van der Waals surface area (Å²) in [5.41, 5.74) is 1.09. The van der Waals surface area contributed by atoms with Gasteiger partial charge in [-0.3, -0.25) is 5.32 Å². The molecule has 0 radical (unpaired) electrons. The van der Waals surface area contributed by atoms with E-state index in [1.54, 1.807) is 0 Å². The maximum atomic E-state index is 9.83. The number of aliphatic imine (C=N–C) groups is 1. The topological polar surface area (TPSA) is 68.7 Å². The first kappa shape index (κ1) is 30.2. The van der Waals surface area contributed by atoms with Crippen LogP contribution in [-0.4, -0.2) is 29.8 Å². The third-order valence-electron chi connectivity index (χ3n) is 7.82. The van der Waals surface area contributed by atoms with Crippen molar-refractivity contribution in [1.29, 1.82) is 0 Å². The zero-order valence-corrected chi connectivity index (χ0v) is 23.3. The molecule has 2 aliphatic heterocycles. The monoisotopic (exact) mass is 490 g/mol. The van der Waals surface area contributed by atoms with Gasteiger partial charge in [-0.15, -0.1) is 0 Å². The number of aliphatic hydroxyl groups is 1. The molecule has 4 N–H and O–H groups in total. The number of nitrogens with one attached hydrogen (secondary N) is 3. The van der Waals surface area contributed by atoms with Crippen molar-refractivity contribution in [1.82, 2.24) is 16.0 Å². The van der Waals surface area contributed by atoms with Crippen molar-refractivity contribution in [3.63, 3.8) is 0 Å². The van der Waals surface area contributed by atoms with Gasteiger partial charge in [0.15, 0.2) is 6.35 Å². The fourth-order valence-electron chi connectivity index (χ4n) is 5.52. The Morgan fingerprint density at radius 2 is 1.14 bits per heavy atom. The second-order valence-corrected chi connectivity index (χ2v) is 11.2. The van der Waals surface area contributed by atoms with E-state index >= 15 is 0 Å². The van der Waals surface area contributed by atoms with E-state index < -0.39 is 6.35 Å². The molecule has 1 atom stereocenters. The molecule has 35 heavy (non-hydrogen) atoms. The van der Waals surface area contributed by atoms with E-state index in [4.69, 9.17) is 4.99 Å². The van der Waals surface area contributed by atoms with Gasteiger partial charge in [0, 0.05) is 12.8 Å². The molecule has 0 saturated carbocycles. The molecule has 2 rings (SSSR count). The van der Waals surface area contributed by atoms with E-state index in [1.165, 1.54) is 128 Å². The summed E-state index contributed by atoms with van der Waals surface area (Å²) in [5, 5.41) is 19.8. The maximum Gasteiger partial charge on any atom is 0.182 e. The normalized spacial score (nSPS) is 18.9. The summed E-state index contributed by atoms with van der Waals surface area (Å²) in [4.78, 5) is 4.76. The van der Waals surface area contributed by atoms with Gasteiger partial charge >= 0.3 is 0 Å². The van der Waals surface area contributed by atoms with Crippen LogP contribution in [0.3, 0.4) is 0 Å². The van der Waals surface area contributed by atoms with Crippen LogP contribution in [0.5, 0.6) is 0 Å². The lowest BCUT2D eigenvalue weighted by molar-refractivity contribution is 0.105. The highest BCUT2D eigenvalue weighted by atomic mass is 16.3. The van der Waals surface area contributed by atoms with Gasteiger partial charge in [-0.25, -0.2) is 4.99 Å². The minimum absolute atomic E-state index is 0.0230. The molecule has 0 amide bonds. The van der Waals surface area contributed by atoms with Crippen LogP contribution in [0, 0.1) is 0 Å². The molecule has 204 valence electrons. The Balaban J connectivity index is 1.67. The summed E-state index contributed by atoms with van der Waals surface area (Å²) in [6.45, 7) is 5.23. The quantitative estimate of drug-likeness (QED) is 0.118. The van der Waals surface area contributed by atoms with E-state index in [-0.39, 0.29) is 5.54 Å². The Morgan fingerprint density at radius 1 is 0.714 bits per heavy atom. The number of aliphatic hydroxyl groups excluding tert-OH is 1. The second kappa shape index (κ2) is 19.1. The predicted molar refractivity (Wildman–Crippen MR) is 151 cm³/mol. The molecule has 0 aromatic heterocycles. The van der Waals surface area contributed by atoms with Crippen molar-refractivity contribution in [2.75, 3.05) is 6.54 Å². The fraction of sp³-hybridized carbons (Fsp3) is 0.900. The van der Waals surface area contributed by atoms with Crippen LogP contribution in [0.1, 0.15) is 155 Å². The molecular formula is C30H58N4O. The third-order valence-corrected chi connectivity index (χ3v) is 7.82. The highest BCUT2D eigenvalue weighted by molar-refractivity contribution is 5.73. The maximum absolute atomic E-state index is 9.83. The molecule has 0 spiro atoms. The SMILES string of the molecule is CCCCCCCCCCCCC1(CCCCCCCCCCCC)C=NC2=C(CNC(O)N2)N1. The van der Waals surface area contributed by atoms with Crippen LogP contribution in [0.15, 0.2) is 16.5 Å². The zero-order chi connectivity index (χ0) is 25.0. The first-order chi connectivity index (χ1) is 17.2. The fourth-order valence-corrected chi connectivity index (χ4v) is 5.52. The van der Waals surface area contributed by atoms with Gasteiger partial charge in [-0.05, 0) is 12.8 Å². The standard InChI is InChI=1S/C30H58N4O/c1-3-5-7-9-11-13-15-17-19-21-23-30(24-22-20-18-16-14-12-10-8-6-4-2)26-32-28-27(34-30)25-31-29(35)33-28/h26,29,31,33-35H,3-25H2,1-2H3. The summed E-state index contributed by atoms with van der Waals surface area (Å²) < 4.78 is 0. The molecule has 2 aliphatic rings. The van der Waals surface area contributed by atoms with Crippen molar-refractivity contribution < 1.29 is 5.11 Å². The smallest absolute Gasteiger partial charge is 0.182 e. The lowest BCUT2D eigenvalue weighted by Gasteiger charge is -2.39. The van der Waals surface area contributed by atoms with E-state index in [0.717, 1.165) is 24.4 Å². The molecule has 2 heterocycles. The molecule has 0 aromatic carbocycles. The Labute approximate surface area is 217 Å². The van der Waals surface area contributed by atoms with Crippen molar-refractivity contribution in [3.05, 3.63) is 11.5 Å². The molecule has 0 aromatic rings. The summed E-state index contributed by atoms with van der Waals surface area (Å²) in [5.74, 6) is 0.804. The lowest BCUT2D eigenvalue weighted by Crippen LogP contribution is -2.56. The predicted octanol–water partition coefficient (Wildman–Crippen LogP) is 7.66. The second-order valence-electron chi connectivity index (χ2n) is 11.2. The number of rotatable bonds is 22. The van der Waals surface area contributed by atoms with Gasteiger partial charge in [0.2, 0.25) is 0 Å². The highest BCUT2D eigenvalue weighted by Gasteiger charge is 2.33. The third kappa shape index (κ3) is 13.2. The van der Waals surface area contributed by atoms with Crippen LogP contribution in [0.2, 0.25) is 0 Å². The van der Waals surface area contributed by atoms with Gasteiger partial charge in [0.1, 0.15) is 5.82 Å². The van der Waals surface area contributed by atoms with Gasteiger partial charge in [-0.2, -0.15) is 0 Å². The first-order valence-corrected chi connectivity index (χ1v) is 15.4. The van der Waals surface area contributed by atoms with Crippen molar-refractivity contribution in [3.8, 4) is 0 Å². The minimum atomic E-state index is -0.704. The molecule has 0 bridgehead atoms.